The number of methoxy groups -OCH3 is 1. The van der Waals surface area contributed by atoms with Crippen LogP contribution in [-0.4, -0.2) is 38.6 Å². The predicted molar refractivity (Wildman–Crippen MR) is 84.0 cm³/mol. The van der Waals surface area contributed by atoms with Gasteiger partial charge in [0, 0.05) is 32.7 Å². The van der Waals surface area contributed by atoms with Crippen molar-refractivity contribution in [3.8, 4) is 0 Å². The normalized spacial score (nSPS) is 11.3. The molecule has 0 aliphatic carbocycles. The number of para-hydroxylation sites is 1. The first-order valence-corrected chi connectivity index (χ1v) is 8.20. The zero-order valence-electron chi connectivity index (χ0n) is 12.2. The van der Waals surface area contributed by atoms with Gasteiger partial charge in [0.25, 0.3) is 0 Å². The monoisotopic (exact) mass is 322 g/mol. The van der Waals surface area contributed by atoms with E-state index >= 15 is 0 Å². The minimum absolute atomic E-state index is 0.0907. The van der Waals surface area contributed by atoms with Crippen LogP contribution in [0.15, 0.2) is 48.8 Å². The van der Waals surface area contributed by atoms with Crippen LogP contribution in [0.4, 0.5) is 11.6 Å². The lowest BCUT2D eigenvalue weighted by Gasteiger charge is -2.22. The molecule has 1 heterocycles. The van der Waals surface area contributed by atoms with E-state index in [4.69, 9.17) is 4.74 Å². The summed E-state index contributed by atoms with van der Waals surface area (Å²) >= 11 is 0. The first-order valence-electron chi connectivity index (χ1n) is 6.76. The number of hydrogen-bond acceptors (Lipinski definition) is 5. The number of benzene rings is 1. The number of aromatic nitrogens is 2. The third-order valence-electron chi connectivity index (χ3n) is 2.77. The average molecular weight is 322 g/mol. The smallest absolute Gasteiger partial charge is 0.308 e. The van der Waals surface area contributed by atoms with E-state index in [9.17, 15) is 8.42 Å². The van der Waals surface area contributed by atoms with Crippen LogP contribution in [0.1, 0.15) is 6.42 Å². The van der Waals surface area contributed by atoms with Crippen molar-refractivity contribution in [2.24, 2.45) is 0 Å². The molecule has 8 heteroatoms. The lowest BCUT2D eigenvalue weighted by Crippen LogP contribution is -2.39. The largest absolute Gasteiger partial charge is 0.385 e. The van der Waals surface area contributed by atoms with Gasteiger partial charge < -0.3 is 4.74 Å². The van der Waals surface area contributed by atoms with Gasteiger partial charge in [0.15, 0.2) is 0 Å². The van der Waals surface area contributed by atoms with Crippen molar-refractivity contribution in [1.29, 1.82) is 0 Å². The fourth-order valence-electron chi connectivity index (χ4n) is 1.80. The van der Waals surface area contributed by atoms with Crippen LogP contribution >= 0.6 is 0 Å². The number of anilines is 2. The summed E-state index contributed by atoms with van der Waals surface area (Å²) in [6, 6.07) is 10.3. The lowest BCUT2D eigenvalue weighted by molar-refractivity contribution is 0.196. The van der Waals surface area contributed by atoms with Crippen molar-refractivity contribution in [3.63, 3.8) is 0 Å². The van der Waals surface area contributed by atoms with Gasteiger partial charge in [0.1, 0.15) is 0 Å². The molecule has 0 saturated heterocycles. The van der Waals surface area contributed by atoms with E-state index in [1.807, 2.05) is 6.07 Å². The van der Waals surface area contributed by atoms with Crippen molar-refractivity contribution >= 4 is 21.8 Å². The maximum atomic E-state index is 12.6. The number of rotatable bonds is 8. The molecule has 0 saturated carbocycles. The van der Waals surface area contributed by atoms with Gasteiger partial charge in [-0.1, -0.05) is 18.2 Å². The zero-order chi connectivity index (χ0) is 15.8. The number of hydrogen-bond donors (Lipinski definition) is 1. The molecule has 0 fully saturated rings. The van der Waals surface area contributed by atoms with E-state index in [0.29, 0.717) is 18.7 Å². The molecule has 0 bridgehead atoms. The first kappa shape index (κ1) is 16.3. The minimum atomic E-state index is -3.81. The van der Waals surface area contributed by atoms with Crippen LogP contribution in [-0.2, 0) is 14.9 Å². The zero-order valence-corrected chi connectivity index (χ0v) is 13.0. The van der Waals surface area contributed by atoms with Crippen molar-refractivity contribution < 1.29 is 13.2 Å². The minimum Gasteiger partial charge on any atom is -0.385 e. The second-order valence-corrected chi connectivity index (χ2v) is 6.00. The van der Waals surface area contributed by atoms with Crippen LogP contribution in [0.5, 0.6) is 0 Å². The Balaban J connectivity index is 2.29. The quantitative estimate of drug-likeness (QED) is 0.744. The third kappa shape index (κ3) is 4.23. The summed E-state index contributed by atoms with van der Waals surface area (Å²) < 4.78 is 33.7. The van der Waals surface area contributed by atoms with E-state index in [0.717, 1.165) is 4.31 Å². The highest BCUT2D eigenvalue weighted by molar-refractivity contribution is 7.91. The fourth-order valence-corrected chi connectivity index (χ4v) is 3.04. The Hall–Kier alpha value is -2.03. The molecule has 0 unspecified atom stereocenters. The Morgan fingerprint density at radius 2 is 1.82 bits per heavy atom. The molecular weight excluding hydrogens is 304 g/mol. The van der Waals surface area contributed by atoms with Crippen LogP contribution in [0.3, 0.4) is 0 Å². The maximum absolute atomic E-state index is 12.6. The SMILES string of the molecule is COCCCNS(=O)(=O)N(c1ccccc1)c1ncccn1. The van der Waals surface area contributed by atoms with Gasteiger partial charge in [-0.25, -0.2) is 9.97 Å². The van der Waals surface area contributed by atoms with E-state index in [2.05, 4.69) is 14.7 Å². The molecule has 0 aliphatic heterocycles. The highest BCUT2D eigenvalue weighted by atomic mass is 32.2. The summed E-state index contributed by atoms with van der Waals surface area (Å²) in [5.74, 6) is 0.0907. The second kappa shape index (κ2) is 7.83. The molecule has 0 radical (unpaired) electrons. The molecule has 1 aromatic carbocycles. The van der Waals surface area contributed by atoms with Crippen LogP contribution in [0.2, 0.25) is 0 Å². The van der Waals surface area contributed by atoms with Gasteiger partial charge in [0.2, 0.25) is 5.95 Å². The molecule has 0 spiro atoms. The van der Waals surface area contributed by atoms with Gasteiger partial charge in [-0.15, -0.1) is 0 Å². The Morgan fingerprint density at radius 1 is 1.14 bits per heavy atom. The summed E-state index contributed by atoms with van der Waals surface area (Å²) in [4.78, 5) is 8.07. The van der Waals surface area contributed by atoms with Crippen molar-refractivity contribution in [2.75, 3.05) is 24.6 Å². The highest BCUT2D eigenvalue weighted by Crippen LogP contribution is 2.24. The van der Waals surface area contributed by atoms with E-state index in [-0.39, 0.29) is 12.5 Å². The van der Waals surface area contributed by atoms with E-state index in [1.54, 1.807) is 37.4 Å². The predicted octanol–water partition coefficient (Wildman–Crippen LogP) is 1.49. The maximum Gasteiger partial charge on any atom is 0.308 e. The summed E-state index contributed by atoms with van der Waals surface area (Å²) in [7, 11) is -2.23. The Morgan fingerprint density at radius 3 is 2.45 bits per heavy atom. The molecule has 7 nitrogen and oxygen atoms in total. The number of nitrogens with one attached hydrogen (secondary N) is 1. The van der Waals surface area contributed by atoms with E-state index < -0.39 is 10.2 Å². The Bertz CT molecular complexity index is 626. The summed E-state index contributed by atoms with van der Waals surface area (Å²) in [6.45, 7) is 0.752. The highest BCUT2D eigenvalue weighted by Gasteiger charge is 2.25. The average Bonchev–Trinajstić information content (AvgIpc) is 2.54. The molecule has 0 atom stereocenters. The summed E-state index contributed by atoms with van der Waals surface area (Å²) in [5, 5.41) is 0. The van der Waals surface area contributed by atoms with Gasteiger partial charge in [0.05, 0.1) is 5.69 Å². The molecule has 2 rings (SSSR count). The topological polar surface area (TPSA) is 84.4 Å². The van der Waals surface area contributed by atoms with Crippen LogP contribution in [0, 0.1) is 0 Å². The molecule has 0 aliphatic rings. The second-order valence-electron chi connectivity index (χ2n) is 4.39. The van der Waals surface area contributed by atoms with Crippen molar-refractivity contribution in [2.45, 2.75) is 6.42 Å². The van der Waals surface area contributed by atoms with Crippen LogP contribution < -0.4 is 9.03 Å². The number of ether oxygens (including phenoxy) is 1. The van der Waals surface area contributed by atoms with Gasteiger partial charge in [-0.3, -0.25) is 0 Å². The summed E-state index contributed by atoms with van der Waals surface area (Å²) in [5.41, 5.74) is 0.466. The fraction of sp³-hybridized carbons (Fsp3) is 0.286. The molecule has 0 amide bonds. The van der Waals surface area contributed by atoms with Crippen molar-refractivity contribution in [1.82, 2.24) is 14.7 Å². The van der Waals surface area contributed by atoms with E-state index in [1.165, 1.54) is 12.4 Å². The van der Waals surface area contributed by atoms with Gasteiger partial charge in [-0.2, -0.15) is 17.4 Å². The molecule has 1 N–H and O–H groups in total. The summed E-state index contributed by atoms with van der Waals surface area (Å²) in [6.07, 6.45) is 3.57. The first-order chi connectivity index (χ1) is 10.6. The third-order valence-corrected chi connectivity index (χ3v) is 4.20. The lowest BCUT2D eigenvalue weighted by atomic mass is 10.3. The Kier molecular flexibility index (Phi) is 5.82. The molecule has 118 valence electrons. The molecule has 1 aromatic heterocycles. The van der Waals surface area contributed by atoms with Gasteiger partial charge >= 0.3 is 10.2 Å². The molecule has 2 aromatic rings. The Labute approximate surface area is 130 Å². The molecule has 22 heavy (non-hydrogen) atoms. The molecular formula is C14H18N4O3S. The van der Waals surface area contributed by atoms with Crippen LogP contribution in [0.25, 0.3) is 0 Å². The standard InChI is InChI=1S/C14H18N4O3S/c1-21-12-6-11-17-22(19,20)18(13-7-3-2-4-8-13)14-15-9-5-10-16-14/h2-5,7-10,17H,6,11-12H2,1H3. The van der Waals surface area contributed by atoms with Gasteiger partial charge in [-0.05, 0) is 24.6 Å². The number of nitrogens with zero attached hydrogens (tertiary/aromatic N) is 3. The van der Waals surface area contributed by atoms with Crippen molar-refractivity contribution in [3.05, 3.63) is 48.8 Å².